The van der Waals surface area contributed by atoms with E-state index < -0.39 is 0 Å². The van der Waals surface area contributed by atoms with E-state index in [1.165, 1.54) is 5.56 Å². The SMILES string of the molecule is Cc1ccccc1NC(=S)NCc1ccncc1. The van der Waals surface area contributed by atoms with E-state index in [4.69, 9.17) is 12.2 Å². The van der Waals surface area contributed by atoms with Crippen molar-refractivity contribution in [3.05, 3.63) is 59.9 Å². The molecular formula is C14H15N3S. The predicted molar refractivity (Wildman–Crippen MR) is 78.5 cm³/mol. The van der Waals surface area contributed by atoms with Crippen LogP contribution in [0.15, 0.2) is 48.8 Å². The average Bonchev–Trinajstić information content (AvgIpc) is 2.40. The van der Waals surface area contributed by atoms with Crippen LogP contribution in [-0.4, -0.2) is 10.1 Å². The predicted octanol–water partition coefficient (Wildman–Crippen LogP) is 2.88. The zero-order chi connectivity index (χ0) is 12.8. The van der Waals surface area contributed by atoms with Crippen LogP contribution < -0.4 is 10.6 Å². The first-order valence-corrected chi connectivity index (χ1v) is 6.16. The fraction of sp³-hybridized carbons (Fsp3) is 0.143. The second-order valence-electron chi connectivity index (χ2n) is 3.98. The highest BCUT2D eigenvalue weighted by Gasteiger charge is 2.00. The molecule has 0 aliphatic heterocycles. The van der Waals surface area contributed by atoms with Gasteiger partial charge in [-0.3, -0.25) is 4.98 Å². The third-order valence-electron chi connectivity index (χ3n) is 2.60. The Balaban J connectivity index is 1.88. The molecule has 1 heterocycles. The van der Waals surface area contributed by atoms with Crippen molar-refractivity contribution >= 4 is 23.0 Å². The Morgan fingerprint density at radius 1 is 1.17 bits per heavy atom. The summed E-state index contributed by atoms with van der Waals surface area (Å²) in [6, 6.07) is 12.0. The number of aromatic nitrogens is 1. The van der Waals surface area contributed by atoms with E-state index in [0.717, 1.165) is 11.3 Å². The molecule has 1 aromatic heterocycles. The third-order valence-corrected chi connectivity index (χ3v) is 2.84. The quantitative estimate of drug-likeness (QED) is 0.829. The molecule has 2 N–H and O–H groups in total. The van der Waals surface area contributed by atoms with E-state index in [-0.39, 0.29) is 0 Å². The maximum atomic E-state index is 5.26. The number of thiocarbonyl (C=S) groups is 1. The molecular weight excluding hydrogens is 242 g/mol. The first-order chi connectivity index (χ1) is 8.75. The lowest BCUT2D eigenvalue weighted by molar-refractivity contribution is 0.921. The zero-order valence-electron chi connectivity index (χ0n) is 10.2. The number of hydrogen-bond donors (Lipinski definition) is 2. The van der Waals surface area contributed by atoms with Gasteiger partial charge < -0.3 is 10.6 Å². The van der Waals surface area contributed by atoms with Gasteiger partial charge in [0.1, 0.15) is 0 Å². The minimum atomic E-state index is 0.626. The summed E-state index contributed by atoms with van der Waals surface area (Å²) in [6.07, 6.45) is 3.55. The van der Waals surface area contributed by atoms with E-state index >= 15 is 0 Å². The number of hydrogen-bond acceptors (Lipinski definition) is 2. The second kappa shape index (κ2) is 6.12. The molecule has 4 heteroatoms. The highest BCUT2D eigenvalue weighted by Crippen LogP contribution is 2.12. The van der Waals surface area contributed by atoms with Crippen LogP contribution >= 0.6 is 12.2 Å². The van der Waals surface area contributed by atoms with Gasteiger partial charge in [-0.25, -0.2) is 0 Å². The Labute approximate surface area is 112 Å². The number of rotatable bonds is 3. The van der Waals surface area contributed by atoms with Crippen LogP contribution in [0.25, 0.3) is 0 Å². The fourth-order valence-electron chi connectivity index (χ4n) is 1.56. The summed E-state index contributed by atoms with van der Waals surface area (Å²) >= 11 is 5.26. The van der Waals surface area contributed by atoms with E-state index in [1.807, 2.05) is 43.3 Å². The average molecular weight is 257 g/mol. The van der Waals surface area contributed by atoms with Crippen LogP contribution in [0.2, 0.25) is 0 Å². The third kappa shape index (κ3) is 3.53. The zero-order valence-corrected chi connectivity index (χ0v) is 11.0. The van der Waals surface area contributed by atoms with E-state index in [1.54, 1.807) is 12.4 Å². The molecule has 0 radical (unpaired) electrons. The normalized spacial score (nSPS) is 9.83. The summed E-state index contributed by atoms with van der Waals surface area (Å²) in [5, 5.41) is 6.98. The van der Waals surface area contributed by atoms with Crippen LogP contribution in [0.4, 0.5) is 5.69 Å². The summed E-state index contributed by atoms with van der Waals surface area (Å²) in [6.45, 7) is 2.74. The van der Waals surface area contributed by atoms with Gasteiger partial charge >= 0.3 is 0 Å². The van der Waals surface area contributed by atoms with Crippen molar-refractivity contribution in [3.63, 3.8) is 0 Å². The van der Waals surface area contributed by atoms with Gasteiger partial charge in [-0.15, -0.1) is 0 Å². The van der Waals surface area contributed by atoms with Crippen LogP contribution in [0.1, 0.15) is 11.1 Å². The molecule has 0 saturated carbocycles. The van der Waals surface area contributed by atoms with Gasteiger partial charge in [0.2, 0.25) is 0 Å². The lowest BCUT2D eigenvalue weighted by Crippen LogP contribution is -2.28. The minimum Gasteiger partial charge on any atom is -0.358 e. The molecule has 0 bridgehead atoms. The standard InChI is InChI=1S/C14H15N3S/c1-11-4-2-3-5-13(11)17-14(18)16-10-12-6-8-15-9-7-12/h2-9H,10H2,1H3,(H2,16,17,18). The fourth-order valence-corrected chi connectivity index (χ4v) is 1.74. The number of aryl methyl sites for hydroxylation is 1. The van der Waals surface area contributed by atoms with Gasteiger partial charge in [0, 0.05) is 24.6 Å². The highest BCUT2D eigenvalue weighted by atomic mass is 32.1. The van der Waals surface area contributed by atoms with E-state index in [0.29, 0.717) is 11.7 Å². The Hall–Kier alpha value is -1.94. The van der Waals surface area contributed by atoms with Crippen molar-refractivity contribution in [1.29, 1.82) is 0 Å². The van der Waals surface area contributed by atoms with Crippen molar-refractivity contribution in [3.8, 4) is 0 Å². The maximum Gasteiger partial charge on any atom is 0.171 e. The van der Waals surface area contributed by atoms with Crippen molar-refractivity contribution in [2.45, 2.75) is 13.5 Å². The number of anilines is 1. The van der Waals surface area contributed by atoms with Gasteiger partial charge in [0.25, 0.3) is 0 Å². The molecule has 92 valence electrons. The molecule has 0 amide bonds. The molecule has 0 fully saturated rings. The van der Waals surface area contributed by atoms with Crippen LogP contribution in [-0.2, 0) is 6.54 Å². The van der Waals surface area contributed by atoms with E-state index in [9.17, 15) is 0 Å². The summed E-state index contributed by atoms with van der Waals surface area (Å²) in [7, 11) is 0. The summed E-state index contributed by atoms with van der Waals surface area (Å²) in [5.41, 5.74) is 3.36. The van der Waals surface area contributed by atoms with Gasteiger partial charge in [-0.2, -0.15) is 0 Å². The largest absolute Gasteiger partial charge is 0.358 e. The van der Waals surface area contributed by atoms with Crippen molar-refractivity contribution < 1.29 is 0 Å². The lowest BCUT2D eigenvalue weighted by Gasteiger charge is -2.12. The number of para-hydroxylation sites is 1. The van der Waals surface area contributed by atoms with Gasteiger partial charge in [-0.05, 0) is 48.5 Å². The Kier molecular flexibility index (Phi) is 4.25. The molecule has 2 aromatic rings. The Morgan fingerprint density at radius 2 is 1.89 bits per heavy atom. The maximum absolute atomic E-state index is 5.26. The van der Waals surface area contributed by atoms with Crippen molar-refractivity contribution in [2.24, 2.45) is 0 Å². The summed E-state index contributed by atoms with van der Waals surface area (Å²) < 4.78 is 0. The van der Waals surface area contributed by atoms with Crippen molar-refractivity contribution in [2.75, 3.05) is 5.32 Å². The molecule has 0 spiro atoms. The first kappa shape index (κ1) is 12.5. The molecule has 0 atom stereocenters. The second-order valence-corrected chi connectivity index (χ2v) is 4.39. The molecule has 0 saturated heterocycles. The van der Waals surface area contributed by atoms with Crippen LogP contribution in [0.5, 0.6) is 0 Å². The topological polar surface area (TPSA) is 37.0 Å². The number of nitrogens with one attached hydrogen (secondary N) is 2. The minimum absolute atomic E-state index is 0.626. The molecule has 3 nitrogen and oxygen atoms in total. The number of nitrogens with zero attached hydrogens (tertiary/aromatic N) is 1. The first-order valence-electron chi connectivity index (χ1n) is 5.75. The molecule has 2 rings (SSSR count). The van der Waals surface area contributed by atoms with Gasteiger partial charge in [0.15, 0.2) is 5.11 Å². The summed E-state index contributed by atoms with van der Waals surface area (Å²) in [4.78, 5) is 3.98. The Morgan fingerprint density at radius 3 is 2.61 bits per heavy atom. The number of pyridine rings is 1. The monoisotopic (exact) mass is 257 g/mol. The molecule has 0 unspecified atom stereocenters. The highest BCUT2D eigenvalue weighted by molar-refractivity contribution is 7.80. The van der Waals surface area contributed by atoms with Crippen LogP contribution in [0, 0.1) is 6.92 Å². The Bertz CT molecular complexity index is 526. The van der Waals surface area contributed by atoms with Gasteiger partial charge in [-0.1, -0.05) is 18.2 Å². The molecule has 0 aliphatic rings. The van der Waals surface area contributed by atoms with Crippen LogP contribution in [0.3, 0.4) is 0 Å². The molecule has 18 heavy (non-hydrogen) atoms. The van der Waals surface area contributed by atoms with Gasteiger partial charge in [0.05, 0.1) is 0 Å². The smallest absolute Gasteiger partial charge is 0.171 e. The summed E-state index contributed by atoms with van der Waals surface area (Å²) in [5.74, 6) is 0. The lowest BCUT2D eigenvalue weighted by atomic mass is 10.2. The molecule has 1 aromatic carbocycles. The van der Waals surface area contributed by atoms with E-state index in [2.05, 4.69) is 15.6 Å². The molecule has 0 aliphatic carbocycles. The number of benzene rings is 1. The van der Waals surface area contributed by atoms with Crippen molar-refractivity contribution in [1.82, 2.24) is 10.3 Å².